The van der Waals surface area contributed by atoms with Crippen molar-refractivity contribution in [2.45, 2.75) is 6.54 Å². The zero-order chi connectivity index (χ0) is 21.9. The summed E-state index contributed by atoms with van der Waals surface area (Å²) >= 11 is 7.73. The van der Waals surface area contributed by atoms with Crippen molar-refractivity contribution >= 4 is 34.5 Å². The van der Waals surface area contributed by atoms with Crippen molar-refractivity contribution in [1.29, 1.82) is 0 Å². The molecule has 32 heavy (non-hydrogen) atoms. The number of benzene rings is 2. The van der Waals surface area contributed by atoms with Crippen molar-refractivity contribution in [3.05, 3.63) is 83.3 Å². The smallest absolute Gasteiger partial charge is 0.242 e. The lowest BCUT2D eigenvalue weighted by Crippen LogP contribution is -2.49. The van der Waals surface area contributed by atoms with E-state index in [1.165, 1.54) is 0 Å². The van der Waals surface area contributed by atoms with Crippen LogP contribution in [0.1, 0.15) is 0 Å². The predicted octanol–water partition coefficient (Wildman–Crippen LogP) is 5.28. The molecular formula is C25H23ClN4OS. The van der Waals surface area contributed by atoms with Gasteiger partial charge in [-0.15, -0.1) is 11.3 Å². The van der Waals surface area contributed by atoms with Crippen LogP contribution in [0, 0.1) is 0 Å². The van der Waals surface area contributed by atoms with Crippen LogP contribution in [0.2, 0.25) is 5.02 Å². The van der Waals surface area contributed by atoms with Crippen molar-refractivity contribution in [2.75, 3.05) is 31.1 Å². The highest BCUT2D eigenvalue weighted by Crippen LogP contribution is 2.29. The van der Waals surface area contributed by atoms with Gasteiger partial charge in [0.2, 0.25) is 5.91 Å². The number of carbonyl (C=O) groups excluding carboxylic acids is 1. The molecule has 2 aromatic heterocycles. The molecule has 5 rings (SSSR count). The number of hydrogen-bond donors (Lipinski definition) is 0. The van der Waals surface area contributed by atoms with E-state index < -0.39 is 0 Å². The molecule has 2 aromatic carbocycles. The molecule has 0 N–H and O–H groups in total. The number of anilines is 1. The Bertz CT molecular complexity index is 1210. The Hall–Kier alpha value is -3.09. The van der Waals surface area contributed by atoms with Crippen LogP contribution < -0.4 is 4.90 Å². The third-order valence-electron chi connectivity index (χ3n) is 5.73. The number of rotatable bonds is 5. The van der Waals surface area contributed by atoms with Gasteiger partial charge in [-0.1, -0.05) is 48.0 Å². The Morgan fingerprint density at radius 2 is 1.78 bits per heavy atom. The van der Waals surface area contributed by atoms with E-state index in [1.54, 1.807) is 11.3 Å². The van der Waals surface area contributed by atoms with Crippen LogP contribution in [0.5, 0.6) is 0 Å². The third-order valence-corrected chi connectivity index (χ3v) is 6.83. The van der Waals surface area contributed by atoms with E-state index in [-0.39, 0.29) is 5.91 Å². The number of carbonyl (C=O) groups is 1. The topological polar surface area (TPSA) is 41.4 Å². The summed E-state index contributed by atoms with van der Waals surface area (Å²) in [6.07, 6.45) is 1.96. The first kappa shape index (κ1) is 20.8. The first-order valence-corrected chi connectivity index (χ1v) is 11.9. The minimum absolute atomic E-state index is 0.132. The maximum atomic E-state index is 13.0. The number of amides is 1. The van der Waals surface area contributed by atoms with Gasteiger partial charge in [-0.25, -0.2) is 4.98 Å². The highest BCUT2D eigenvalue weighted by molar-refractivity contribution is 7.13. The Balaban J connectivity index is 1.24. The molecule has 1 aliphatic rings. The van der Waals surface area contributed by atoms with Gasteiger partial charge >= 0.3 is 0 Å². The molecule has 0 unspecified atom stereocenters. The summed E-state index contributed by atoms with van der Waals surface area (Å²) in [5.74, 6) is 0.132. The SMILES string of the molecule is O=C(Cn1cccc1-c1nc(-c2ccccc2)cs1)N1CCN(c2cccc(Cl)c2)CC1. The van der Waals surface area contributed by atoms with Gasteiger partial charge in [-0.05, 0) is 30.3 Å². The second kappa shape index (κ2) is 9.18. The maximum Gasteiger partial charge on any atom is 0.242 e. The molecule has 1 saturated heterocycles. The number of aromatic nitrogens is 2. The second-order valence-corrected chi connectivity index (χ2v) is 9.07. The molecule has 0 aliphatic carbocycles. The van der Waals surface area contributed by atoms with Gasteiger partial charge in [0, 0.05) is 54.0 Å². The average Bonchev–Trinajstić information content (AvgIpc) is 3.49. The highest BCUT2D eigenvalue weighted by atomic mass is 35.5. The van der Waals surface area contributed by atoms with Crippen LogP contribution >= 0.6 is 22.9 Å². The molecular weight excluding hydrogens is 440 g/mol. The summed E-state index contributed by atoms with van der Waals surface area (Å²) in [4.78, 5) is 22.1. The Kier molecular flexibility index (Phi) is 5.97. The van der Waals surface area contributed by atoms with E-state index >= 15 is 0 Å². The Labute approximate surface area is 196 Å². The summed E-state index contributed by atoms with van der Waals surface area (Å²) in [6, 6.07) is 22.0. The lowest BCUT2D eigenvalue weighted by atomic mass is 10.2. The number of hydrogen-bond acceptors (Lipinski definition) is 4. The molecule has 7 heteroatoms. The Morgan fingerprint density at radius 3 is 2.56 bits per heavy atom. The van der Waals surface area contributed by atoms with Gasteiger partial charge in [0.25, 0.3) is 0 Å². The number of thiazole rings is 1. The molecule has 0 bridgehead atoms. The van der Waals surface area contributed by atoms with Gasteiger partial charge in [0.05, 0.1) is 11.4 Å². The van der Waals surface area contributed by atoms with Crippen molar-refractivity contribution in [1.82, 2.24) is 14.5 Å². The standard InChI is InChI=1S/C25H23ClN4OS/c26-20-8-4-9-21(16-20)28-12-14-29(15-13-28)24(31)17-30-11-5-10-23(30)25-27-22(18-32-25)19-6-2-1-3-7-19/h1-11,16,18H,12-15,17H2. The minimum Gasteiger partial charge on any atom is -0.368 e. The summed E-state index contributed by atoms with van der Waals surface area (Å²) in [5.41, 5.74) is 4.14. The summed E-state index contributed by atoms with van der Waals surface area (Å²) in [7, 11) is 0. The lowest BCUT2D eigenvalue weighted by molar-refractivity contribution is -0.132. The largest absolute Gasteiger partial charge is 0.368 e. The third kappa shape index (κ3) is 4.42. The molecule has 1 amide bonds. The second-order valence-electron chi connectivity index (χ2n) is 7.77. The summed E-state index contributed by atoms with van der Waals surface area (Å²) in [5, 5.41) is 3.73. The molecule has 0 spiro atoms. The first-order chi connectivity index (χ1) is 15.7. The van der Waals surface area contributed by atoms with Crippen LogP contribution in [0.25, 0.3) is 22.0 Å². The monoisotopic (exact) mass is 462 g/mol. The Morgan fingerprint density at radius 1 is 0.969 bits per heavy atom. The number of nitrogens with zero attached hydrogens (tertiary/aromatic N) is 4. The van der Waals surface area contributed by atoms with Crippen LogP contribution in [-0.4, -0.2) is 46.5 Å². The van der Waals surface area contributed by atoms with E-state index in [0.717, 1.165) is 45.8 Å². The molecule has 4 aromatic rings. The summed E-state index contributed by atoms with van der Waals surface area (Å²) < 4.78 is 2.00. The van der Waals surface area contributed by atoms with Crippen LogP contribution in [0.4, 0.5) is 5.69 Å². The van der Waals surface area contributed by atoms with Crippen molar-refractivity contribution in [3.63, 3.8) is 0 Å². The van der Waals surface area contributed by atoms with Gasteiger partial charge in [-0.2, -0.15) is 0 Å². The molecule has 3 heterocycles. The highest BCUT2D eigenvalue weighted by Gasteiger charge is 2.22. The molecule has 5 nitrogen and oxygen atoms in total. The average molecular weight is 463 g/mol. The summed E-state index contributed by atoms with van der Waals surface area (Å²) in [6.45, 7) is 3.34. The zero-order valence-electron chi connectivity index (χ0n) is 17.5. The quantitative estimate of drug-likeness (QED) is 0.405. The van der Waals surface area contributed by atoms with Crippen LogP contribution in [0.3, 0.4) is 0 Å². The van der Waals surface area contributed by atoms with Gasteiger partial charge < -0.3 is 14.4 Å². The van der Waals surface area contributed by atoms with E-state index in [1.807, 2.05) is 64.2 Å². The normalized spacial score (nSPS) is 14.0. The molecule has 0 radical (unpaired) electrons. The fourth-order valence-electron chi connectivity index (χ4n) is 4.01. The van der Waals surface area contributed by atoms with E-state index in [9.17, 15) is 4.79 Å². The minimum atomic E-state index is 0.132. The number of halogens is 1. The van der Waals surface area contributed by atoms with Gasteiger partial charge in [0.15, 0.2) is 0 Å². The first-order valence-electron chi connectivity index (χ1n) is 10.6. The molecule has 0 saturated carbocycles. The van der Waals surface area contributed by atoms with Crippen molar-refractivity contribution < 1.29 is 4.79 Å². The molecule has 162 valence electrons. The zero-order valence-corrected chi connectivity index (χ0v) is 19.1. The van der Waals surface area contributed by atoms with Gasteiger partial charge in [0.1, 0.15) is 11.6 Å². The fourth-order valence-corrected chi connectivity index (χ4v) is 5.07. The van der Waals surface area contributed by atoms with Crippen LogP contribution in [0.15, 0.2) is 78.3 Å². The van der Waals surface area contributed by atoms with E-state index in [2.05, 4.69) is 28.5 Å². The molecule has 1 aliphatic heterocycles. The fraction of sp³-hybridized carbons (Fsp3) is 0.200. The molecule has 0 atom stereocenters. The predicted molar refractivity (Wildman–Crippen MR) is 131 cm³/mol. The maximum absolute atomic E-state index is 13.0. The van der Waals surface area contributed by atoms with Crippen molar-refractivity contribution in [2.24, 2.45) is 0 Å². The van der Waals surface area contributed by atoms with Crippen molar-refractivity contribution in [3.8, 4) is 22.0 Å². The van der Waals surface area contributed by atoms with E-state index in [0.29, 0.717) is 19.6 Å². The van der Waals surface area contributed by atoms with E-state index in [4.69, 9.17) is 16.6 Å². The van der Waals surface area contributed by atoms with Gasteiger partial charge in [-0.3, -0.25) is 4.79 Å². The molecule has 1 fully saturated rings. The van der Waals surface area contributed by atoms with Crippen LogP contribution in [-0.2, 0) is 11.3 Å². The number of piperazine rings is 1. The lowest BCUT2D eigenvalue weighted by Gasteiger charge is -2.36.